The minimum absolute atomic E-state index is 0.00589. The fraction of sp³-hybridized carbons (Fsp3) is 0.879. The van der Waals surface area contributed by atoms with Crippen molar-refractivity contribution in [2.75, 3.05) is 172 Å². The highest BCUT2D eigenvalue weighted by atomic mass is 16.7. The summed E-state index contributed by atoms with van der Waals surface area (Å²) in [6, 6.07) is -4.71. The lowest BCUT2D eigenvalue weighted by Crippen LogP contribution is -2.64. The number of aliphatic hydroxyl groups is 9. The Morgan fingerprint density at radius 2 is 0.771 bits per heavy atom. The van der Waals surface area contributed by atoms with Crippen molar-refractivity contribution in [1.29, 1.82) is 0 Å². The molecule has 38 nitrogen and oxygen atoms in total. The Morgan fingerprint density at radius 1 is 0.417 bits per heavy atom. The summed E-state index contributed by atoms with van der Waals surface area (Å²) in [5, 5.41) is 114. The monoisotopic (exact) mass is 1400 g/mol. The van der Waals surface area contributed by atoms with Crippen LogP contribution in [0.2, 0.25) is 0 Å². The molecule has 3 aliphatic rings. The van der Waals surface area contributed by atoms with Crippen molar-refractivity contribution >= 4 is 41.4 Å². The van der Waals surface area contributed by atoms with Gasteiger partial charge in [0.15, 0.2) is 18.9 Å². The zero-order valence-corrected chi connectivity index (χ0v) is 54.5. The zero-order chi connectivity index (χ0) is 70.5. The van der Waals surface area contributed by atoms with E-state index < -0.39 is 166 Å². The molecule has 0 saturated carbocycles. The van der Waals surface area contributed by atoms with Crippen LogP contribution in [0.4, 0.5) is 0 Å². The first-order valence-corrected chi connectivity index (χ1v) is 32.0. The molecule has 3 heterocycles. The molecule has 6 amide bonds. The SMILES string of the molecule is CC(=O)N[C@H]1[C@H](OCCOCCOCCOCC(=O)NCCCC[C@H](NC(=O)[C@H](CCCCNC(=O)COCCOCCOCCO[C@@H]2O[C@H](CO)[C@H](O)[C@H](O)[C@H]2NC(C)=O)NC(=O)COCCOCCOCCO[C@H]2C[C@@H](O)[C@@H](O)[C@@H](CO)O2)C(=O)O)O[C@H](CO)[C@H](O)[C@@H]1O. The number of carbonyl (C=O) groups excluding carboxylic acids is 6. The topological polar surface area (TPSA) is 532 Å². The number of aliphatic carboxylic acids is 1. The second-order valence-corrected chi connectivity index (χ2v) is 22.1. The van der Waals surface area contributed by atoms with Gasteiger partial charge in [-0.2, -0.15) is 0 Å². The molecule has 16 N–H and O–H groups in total. The van der Waals surface area contributed by atoms with Gasteiger partial charge in [-0.15, -0.1) is 0 Å². The Kier molecular flexibility index (Phi) is 45.9. The maximum atomic E-state index is 13.6. The van der Waals surface area contributed by atoms with Crippen molar-refractivity contribution in [3.63, 3.8) is 0 Å². The number of rotatable bonds is 55. The van der Waals surface area contributed by atoms with Gasteiger partial charge >= 0.3 is 5.97 Å². The summed E-state index contributed by atoms with van der Waals surface area (Å²) in [5.74, 6) is -4.60. The van der Waals surface area contributed by atoms with Crippen LogP contribution in [-0.4, -0.2) is 362 Å². The number of amides is 6. The quantitative estimate of drug-likeness (QED) is 0.0252. The lowest BCUT2D eigenvalue weighted by atomic mass is 9.97. The summed E-state index contributed by atoms with van der Waals surface area (Å²) in [5.41, 5.74) is 0. The normalized spacial score (nSPS) is 25.7. The second-order valence-electron chi connectivity index (χ2n) is 22.1. The maximum absolute atomic E-state index is 13.6. The Labute approximate surface area is 556 Å². The van der Waals surface area contributed by atoms with Crippen LogP contribution in [0.3, 0.4) is 0 Å². The molecular formula is C58H104N6O32. The summed E-state index contributed by atoms with van der Waals surface area (Å²) in [7, 11) is 0. The summed E-state index contributed by atoms with van der Waals surface area (Å²) in [6.07, 6.45) is -13.1. The molecule has 0 spiro atoms. The molecule has 3 aliphatic heterocycles. The molecule has 0 aromatic carbocycles. The van der Waals surface area contributed by atoms with E-state index in [0.29, 0.717) is 19.3 Å². The Morgan fingerprint density at radius 3 is 1.16 bits per heavy atom. The summed E-state index contributed by atoms with van der Waals surface area (Å²) in [6.45, 7) is 2.10. The van der Waals surface area contributed by atoms with E-state index in [1.54, 1.807) is 0 Å². The van der Waals surface area contributed by atoms with E-state index in [0.717, 1.165) is 0 Å². The zero-order valence-electron chi connectivity index (χ0n) is 54.5. The number of ether oxygens (including phenoxy) is 15. The van der Waals surface area contributed by atoms with Crippen LogP contribution in [0.1, 0.15) is 58.8 Å². The summed E-state index contributed by atoms with van der Waals surface area (Å²) < 4.78 is 81.9. The Bertz CT molecular complexity index is 2150. The van der Waals surface area contributed by atoms with E-state index >= 15 is 0 Å². The van der Waals surface area contributed by atoms with Crippen molar-refractivity contribution in [1.82, 2.24) is 31.9 Å². The molecular weight excluding hydrogens is 1290 g/mol. The third-order valence-electron chi connectivity index (χ3n) is 14.4. The number of carboxylic acids is 1. The van der Waals surface area contributed by atoms with Gasteiger partial charge < -0.3 is 154 Å². The van der Waals surface area contributed by atoms with E-state index in [1.807, 2.05) is 0 Å². The predicted molar refractivity (Wildman–Crippen MR) is 324 cm³/mol. The van der Waals surface area contributed by atoms with Crippen LogP contribution >= 0.6 is 0 Å². The minimum atomic E-state index is -1.45. The molecule has 3 saturated heterocycles. The van der Waals surface area contributed by atoms with Gasteiger partial charge in [0.05, 0.1) is 145 Å². The van der Waals surface area contributed by atoms with Gasteiger partial charge in [0.1, 0.15) is 92.8 Å². The summed E-state index contributed by atoms with van der Waals surface area (Å²) >= 11 is 0. The third kappa shape index (κ3) is 35.9. The van der Waals surface area contributed by atoms with E-state index in [4.69, 9.17) is 71.1 Å². The smallest absolute Gasteiger partial charge is 0.326 e. The van der Waals surface area contributed by atoms with E-state index in [1.165, 1.54) is 13.8 Å². The van der Waals surface area contributed by atoms with Crippen molar-refractivity contribution in [3.8, 4) is 0 Å². The average molecular weight is 1400 g/mol. The number of hydrogen-bond donors (Lipinski definition) is 16. The van der Waals surface area contributed by atoms with Gasteiger partial charge in [-0.1, -0.05) is 0 Å². The first kappa shape index (κ1) is 85.6. The lowest BCUT2D eigenvalue weighted by molar-refractivity contribution is -0.272. The fourth-order valence-corrected chi connectivity index (χ4v) is 9.44. The Balaban J connectivity index is 1.31. The van der Waals surface area contributed by atoms with Crippen LogP contribution in [0.25, 0.3) is 0 Å². The molecule has 0 bridgehead atoms. The second kappa shape index (κ2) is 51.5. The molecule has 3 rings (SSSR count). The van der Waals surface area contributed by atoms with Crippen molar-refractivity contribution in [2.45, 2.75) is 157 Å². The van der Waals surface area contributed by atoms with Crippen LogP contribution < -0.4 is 31.9 Å². The highest BCUT2D eigenvalue weighted by molar-refractivity contribution is 5.90. The molecule has 0 unspecified atom stereocenters. The summed E-state index contributed by atoms with van der Waals surface area (Å²) in [4.78, 5) is 86.9. The fourth-order valence-electron chi connectivity index (χ4n) is 9.44. The molecule has 0 aromatic heterocycles. The Hall–Kier alpha value is -4.67. The van der Waals surface area contributed by atoms with Crippen molar-refractivity contribution < 1.29 is 156 Å². The molecule has 96 heavy (non-hydrogen) atoms. The lowest BCUT2D eigenvalue weighted by Gasteiger charge is -2.42. The first-order chi connectivity index (χ1) is 46.2. The largest absolute Gasteiger partial charge is 0.480 e. The number of hydrogen-bond acceptors (Lipinski definition) is 31. The number of carbonyl (C=O) groups is 7. The van der Waals surface area contributed by atoms with Crippen LogP contribution in [0, 0.1) is 0 Å². The highest BCUT2D eigenvalue weighted by Crippen LogP contribution is 2.24. The van der Waals surface area contributed by atoms with Crippen LogP contribution in [-0.2, 0) is 105 Å². The minimum Gasteiger partial charge on any atom is -0.480 e. The molecule has 0 aliphatic carbocycles. The molecule has 0 aromatic rings. The van der Waals surface area contributed by atoms with Gasteiger partial charge in [-0.25, -0.2) is 4.79 Å². The van der Waals surface area contributed by atoms with Gasteiger partial charge in [0.2, 0.25) is 35.4 Å². The van der Waals surface area contributed by atoms with Gasteiger partial charge in [0.25, 0.3) is 0 Å². The van der Waals surface area contributed by atoms with Gasteiger partial charge in [0, 0.05) is 33.4 Å². The van der Waals surface area contributed by atoms with Gasteiger partial charge in [-0.3, -0.25) is 28.8 Å². The number of carboxylic acid groups (broad SMARTS) is 1. The number of nitrogens with one attached hydrogen (secondary N) is 6. The van der Waals surface area contributed by atoms with Gasteiger partial charge in [-0.05, 0) is 38.5 Å². The molecule has 558 valence electrons. The number of aliphatic hydroxyl groups excluding tert-OH is 9. The molecule has 38 heteroatoms. The van der Waals surface area contributed by atoms with E-state index in [9.17, 15) is 84.6 Å². The van der Waals surface area contributed by atoms with Crippen molar-refractivity contribution in [2.24, 2.45) is 0 Å². The third-order valence-corrected chi connectivity index (χ3v) is 14.4. The molecule has 3 fully saturated rings. The maximum Gasteiger partial charge on any atom is 0.326 e. The number of unbranched alkanes of at least 4 members (excludes halogenated alkanes) is 2. The highest BCUT2D eigenvalue weighted by Gasteiger charge is 2.47. The predicted octanol–water partition coefficient (Wildman–Crippen LogP) is -8.47. The molecule has 16 atom stereocenters. The van der Waals surface area contributed by atoms with E-state index in [2.05, 4.69) is 31.9 Å². The standard InChI is InChI=1S/C58H104N6O32/c1-36(68)61-48-53(77)51(75)42(31-66)95-57(48)92-27-24-86-15-12-82-17-20-88-33-44(71)59-9-5-3-7-38(63-46(73)35-90-22-19-84-11-14-85-23-26-91-47-29-40(70)50(74)41(30-65)94-47)55(79)64-39(56(80)81)8-4-6-10-60-45(72)34-89-21-18-83-13-16-87-25-28-93-58-49(62-37(2)69)54(78)52(76)43(32-67)96-58/h38-43,47-54,57-58,65-67,70,74-78H,3-35H2,1-2H3,(H,59,71)(H,60,72)(H,61,68)(H,62,69)(H,63,73)(H,64,79)(H,80,81)/t38-,39-,40+,41+,42+,43+,47+,48+,49+,50+,51-,52-,53+,54+,57+,58+/m0/s1. The van der Waals surface area contributed by atoms with Crippen molar-refractivity contribution in [3.05, 3.63) is 0 Å². The van der Waals surface area contributed by atoms with Crippen LogP contribution in [0.5, 0.6) is 0 Å². The van der Waals surface area contributed by atoms with Crippen LogP contribution in [0.15, 0.2) is 0 Å². The first-order valence-electron chi connectivity index (χ1n) is 32.0. The molecule has 0 radical (unpaired) electrons. The average Bonchev–Trinajstić information content (AvgIpc) is 0.829. The van der Waals surface area contributed by atoms with E-state index in [-0.39, 0.29) is 171 Å².